The van der Waals surface area contributed by atoms with Crippen molar-refractivity contribution in [2.45, 2.75) is 38.1 Å². The zero-order valence-electron chi connectivity index (χ0n) is 10.4. The fraction of sp³-hybridized carbons (Fsp3) is 0.889. The molecule has 1 fully saturated rings. The molecule has 0 spiro atoms. The van der Waals surface area contributed by atoms with Gasteiger partial charge in [0, 0.05) is 6.54 Å². The van der Waals surface area contributed by atoms with E-state index in [0.717, 1.165) is 22.9 Å². The molecule has 0 radical (unpaired) electrons. The monoisotopic (exact) mass is 347 g/mol. The quantitative estimate of drug-likeness (QED) is 0.455. The lowest BCUT2D eigenvalue weighted by atomic mass is 10.4. The minimum Gasteiger partial charge on any atom is -0.274 e. The third-order valence-electron chi connectivity index (χ3n) is 2.70. The molecule has 1 amide bonds. The van der Waals surface area contributed by atoms with E-state index in [4.69, 9.17) is 11.8 Å². The zero-order valence-corrected chi connectivity index (χ0v) is 14.6. The van der Waals surface area contributed by atoms with Crippen LogP contribution in [0.15, 0.2) is 0 Å². The summed E-state index contributed by atoms with van der Waals surface area (Å²) >= 11 is 11.3. The molecule has 1 aliphatic rings. The van der Waals surface area contributed by atoms with Crippen molar-refractivity contribution in [3.05, 3.63) is 0 Å². The van der Waals surface area contributed by atoms with Gasteiger partial charge in [0.1, 0.15) is 4.99 Å². The molecular formula is C9H18NO3PS4. The number of amides is 1. The molecule has 0 bridgehead atoms. The number of carbonyl (C=O) groups is 1. The highest BCUT2D eigenvalue weighted by molar-refractivity contribution is 8.97. The predicted octanol–water partition coefficient (Wildman–Crippen LogP) is 2.67. The molecule has 0 aromatic carbocycles. The van der Waals surface area contributed by atoms with E-state index in [1.165, 1.54) is 11.4 Å². The molecular weight excluding hydrogens is 329 g/mol. The molecule has 9 heteroatoms. The largest absolute Gasteiger partial charge is 0.274 e. The molecule has 0 aromatic rings. The summed E-state index contributed by atoms with van der Waals surface area (Å²) in [6, 6.07) is 0. The van der Waals surface area contributed by atoms with Crippen LogP contribution in [0.4, 0.5) is 0 Å². The van der Waals surface area contributed by atoms with Gasteiger partial charge in [0.25, 0.3) is 0 Å². The van der Waals surface area contributed by atoms with Crippen LogP contribution < -0.4 is 0 Å². The highest BCUT2D eigenvalue weighted by Gasteiger charge is 2.49. The lowest BCUT2D eigenvalue weighted by Crippen LogP contribution is -2.31. The number of rotatable bonds is 6. The molecule has 2 unspecified atom stereocenters. The van der Waals surface area contributed by atoms with Crippen molar-refractivity contribution in [2.75, 3.05) is 12.3 Å². The average Bonchev–Trinajstić information content (AvgIpc) is 2.49. The standard InChI is InChI=1S/C9H18NO3PS4/c1-3-5-6-17-14(15,16)9-7-8(11)10(4-2)18(9,12)13/h9H,3-7H2,1-2H3,(H,15,16). The van der Waals surface area contributed by atoms with E-state index in [2.05, 4.69) is 19.2 Å². The molecule has 0 saturated carbocycles. The molecule has 1 saturated heterocycles. The van der Waals surface area contributed by atoms with Crippen molar-refractivity contribution in [3.8, 4) is 0 Å². The minimum atomic E-state index is -3.59. The van der Waals surface area contributed by atoms with Gasteiger partial charge in [0.05, 0.1) is 10.9 Å². The van der Waals surface area contributed by atoms with Crippen LogP contribution in [0, 0.1) is 0 Å². The fourth-order valence-corrected chi connectivity index (χ4v) is 13.3. The Balaban J connectivity index is 2.90. The van der Waals surface area contributed by atoms with E-state index in [0.29, 0.717) is 0 Å². The topological polar surface area (TPSA) is 54.5 Å². The van der Waals surface area contributed by atoms with Crippen LogP contribution in [0.1, 0.15) is 33.1 Å². The summed E-state index contributed by atoms with van der Waals surface area (Å²) in [5.74, 6) is 0.464. The molecule has 4 nitrogen and oxygen atoms in total. The molecule has 0 aromatic heterocycles. The summed E-state index contributed by atoms with van der Waals surface area (Å²) in [7, 11) is -3.59. The lowest BCUT2D eigenvalue weighted by Gasteiger charge is -2.22. The van der Waals surface area contributed by atoms with E-state index < -0.39 is 19.5 Å². The first-order chi connectivity index (χ1) is 8.27. The number of hydrogen-bond acceptors (Lipinski definition) is 5. The van der Waals surface area contributed by atoms with Gasteiger partial charge >= 0.3 is 0 Å². The van der Waals surface area contributed by atoms with Crippen LogP contribution in [0.2, 0.25) is 0 Å². The van der Waals surface area contributed by atoms with Crippen LogP contribution >= 0.6 is 28.1 Å². The van der Waals surface area contributed by atoms with Gasteiger partial charge in [-0.3, -0.25) is 4.79 Å². The normalized spacial score (nSPS) is 26.3. The smallest absolute Gasteiger partial charge is 0.247 e. The maximum atomic E-state index is 12.2. The third-order valence-corrected chi connectivity index (χ3v) is 15.4. The Morgan fingerprint density at radius 2 is 2.17 bits per heavy atom. The summed E-state index contributed by atoms with van der Waals surface area (Å²) in [5, 5.41) is 0. The van der Waals surface area contributed by atoms with Crippen molar-refractivity contribution < 1.29 is 13.2 Å². The van der Waals surface area contributed by atoms with Crippen molar-refractivity contribution in [2.24, 2.45) is 0 Å². The van der Waals surface area contributed by atoms with E-state index in [-0.39, 0.29) is 18.9 Å². The molecule has 1 heterocycles. The van der Waals surface area contributed by atoms with Gasteiger partial charge in [-0.15, -0.1) is 23.6 Å². The molecule has 106 valence electrons. The highest BCUT2D eigenvalue weighted by atomic mass is 33.2. The van der Waals surface area contributed by atoms with Gasteiger partial charge in [-0.25, -0.2) is 12.7 Å². The molecule has 0 aliphatic carbocycles. The second-order valence-electron chi connectivity index (χ2n) is 4.01. The van der Waals surface area contributed by atoms with E-state index in [1.807, 2.05) is 0 Å². The first kappa shape index (κ1) is 16.8. The van der Waals surface area contributed by atoms with Gasteiger partial charge < -0.3 is 0 Å². The van der Waals surface area contributed by atoms with Crippen molar-refractivity contribution in [1.82, 2.24) is 4.31 Å². The minimum absolute atomic E-state index is 0.00389. The summed E-state index contributed by atoms with van der Waals surface area (Å²) in [5.41, 5.74) is 0. The first-order valence-corrected chi connectivity index (χ1v) is 12.9. The van der Waals surface area contributed by atoms with Gasteiger partial charge in [0.15, 0.2) is 0 Å². The SMILES string of the molecule is CCCCSP(=S)(S)C1CC(=O)N(CC)S1(=O)=O. The molecule has 0 N–H and O–H groups in total. The third kappa shape index (κ3) is 3.45. The Morgan fingerprint density at radius 1 is 1.56 bits per heavy atom. The number of unbranched alkanes of at least 4 members (excludes halogenated alkanes) is 1. The molecule has 18 heavy (non-hydrogen) atoms. The van der Waals surface area contributed by atoms with E-state index in [1.54, 1.807) is 6.92 Å². The number of sulfonamides is 1. The fourth-order valence-electron chi connectivity index (χ4n) is 1.71. The second kappa shape index (κ2) is 6.48. The lowest BCUT2D eigenvalue weighted by molar-refractivity contribution is -0.124. The Labute approximate surface area is 123 Å². The van der Waals surface area contributed by atoms with Gasteiger partial charge in [-0.1, -0.05) is 25.2 Å². The van der Waals surface area contributed by atoms with E-state index in [9.17, 15) is 13.2 Å². The predicted molar refractivity (Wildman–Crippen MR) is 85.3 cm³/mol. The van der Waals surface area contributed by atoms with Crippen molar-refractivity contribution >= 4 is 55.8 Å². The summed E-state index contributed by atoms with van der Waals surface area (Å²) in [4.78, 5) is 10.9. The second-order valence-corrected chi connectivity index (χ2v) is 17.3. The van der Waals surface area contributed by atoms with Crippen LogP contribution in [0.25, 0.3) is 0 Å². The Bertz CT molecular complexity index is 464. The van der Waals surface area contributed by atoms with Gasteiger partial charge in [-0.05, 0) is 19.1 Å². The van der Waals surface area contributed by atoms with Crippen LogP contribution in [-0.4, -0.2) is 35.9 Å². The number of carbonyl (C=O) groups excluding carboxylic acids is 1. The maximum absolute atomic E-state index is 12.2. The van der Waals surface area contributed by atoms with Crippen LogP contribution in [-0.2, 0) is 26.6 Å². The first-order valence-electron chi connectivity index (χ1n) is 5.78. The number of hydrogen-bond donors (Lipinski definition) is 1. The summed E-state index contributed by atoms with van der Waals surface area (Å²) < 4.78 is 23.0. The van der Waals surface area contributed by atoms with Crippen molar-refractivity contribution in [1.29, 1.82) is 0 Å². The molecule has 2 atom stereocenters. The Kier molecular flexibility index (Phi) is 6.06. The molecule has 1 aliphatic heterocycles. The Hall–Kier alpha value is 0.770. The number of nitrogens with zero attached hydrogens (tertiary/aromatic N) is 1. The average molecular weight is 347 g/mol. The van der Waals surface area contributed by atoms with Crippen molar-refractivity contribution in [3.63, 3.8) is 0 Å². The molecule has 1 rings (SSSR count). The summed E-state index contributed by atoms with van der Waals surface area (Å²) in [6.07, 6.45) is 2.02. The zero-order chi connectivity index (χ0) is 14.0. The Morgan fingerprint density at radius 3 is 2.61 bits per heavy atom. The summed E-state index contributed by atoms with van der Waals surface area (Å²) in [6.45, 7) is 3.90. The highest BCUT2D eigenvalue weighted by Crippen LogP contribution is 2.70. The maximum Gasteiger partial charge on any atom is 0.247 e. The van der Waals surface area contributed by atoms with Crippen LogP contribution in [0.3, 0.4) is 0 Å². The van der Waals surface area contributed by atoms with Gasteiger partial charge in [0.2, 0.25) is 15.9 Å². The van der Waals surface area contributed by atoms with Gasteiger partial charge in [-0.2, -0.15) is 0 Å². The number of thiol groups is 1. The van der Waals surface area contributed by atoms with Crippen LogP contribution in [0.5, 0.6) is 0 Å². The van der Waals surface area contributed by atoms with E-state index >= 15 is 0 Å².